The standard InChI is InChI=1S/C15H15BrN2O/c1-11-4-6-13(9-14(11)16)18-15(19)7-5-12-3-2-8-17-10-12/h2-4,6,8-10H,5,7H2,1H3,(H,18,19). The number of halogens is 1. The van der Waals surface area contributed by atoms with Gasteiger partial charge in [-0.3, -0.25) is 9.78 Å². The molecule has 3 nitrogen and oxygen atoms in total. The summed E-state index contributed by atoms with van der Waals surface area (Å²) >= 11 is 3.45. The minimum Gasteiger partial charge on any atom is -0.326 e. The molecular formula is C15H15BrN2O. The molecule has 0 aliphatic rings. The number of nitrogens with zero attached hydrogens (tertiary/aromatic N) is 1. The van der Waals surface area contributed by atoms with Gasteiger partial charge < -0.3 is 5.32 Å². The first-order chi connectivity index (χ1) is 9.15. The predicted molar refractivity (Wildman–Crippen MR) is 80.1 cm³/mol. The highest BCUT2D eigenvalue weighted by molar-refractivity contribution is 9.10. The molecule has 0 saturated carbocycles. The van der Waals surface area contributed by atoms with E-state index in [0.717, 1.165) is 21.3 Å². The van der Waals surface area contributed by atoms with Crippen molar-refractivity contribution in [2.24, 2.45) is 0 Å². The minimum absolute atomic E-state index is 0.0135. The van der Waals surface area contributed by atoms with E-state index < -0.39 is 0 Å². The van der Waals surface area contributed by atoms with Gasteiger partial charge in [0.25, 0.3) is 0 Å². The second-order valence-electron chi connectivity index (χ2n) is 4.37. The topological polar surface area (TPSA) is 42.0 Å². The van der Waals surface area contributed by atoms with E-state index in [1.807, 2.05) is 37.3 Å². The number of hydrogen-bond donors (Lipinski definition) is 1. The van der Waals surface area contributed by atoms with E-state index in [0.29, 0.717) is 12.8 Å². The highest BCUT2D eigenvalue weighted by Gasteiger charge is 2.04. The highest BCUT2D eigenvalue weighted by Crippen LogP contribution is 2.20. The van der Waals surface area contributed by atoms with Gasteiger partial charge in [0.15, 0.2) is 0 Å². The highest BCUT2D eigenvalue weighted by atomic mass is 79.9. The van der Waals surface area contributed by atoms with Gasteiger partial charge in [-0.2, -0.15) is 0 Å². The minimum atomic E-state index is 0.0135. The molecular weight excluding hydrogens is 304 g/mol. The molecule has 0 radical (unpaired) electrons. The summed E-state index contributed by atoms with van der Waals surface area (Å²) in [4.78, 5) is 15.9. The molecule has 98 valence electrons. The second kappa shape index (κ2) is 6.48. The number of amides is 1. The monoisotopic (exact) mass is 318 g/mol. The number of carbonyl (C=O) groups is 1. The molecule has 19 heavy (non-hydrogen) atoms. The molecule has 0 aliphatic heterocycles. The number of rotatable bonds is 4. The van der Waals surface area contributed by atoms with Crippen molar-refractivity contribution in [1.82, 2.24) is 4.98 Å². The summed E-state index contributed by atoms with van der Waals surface area (Å²) in [6, 6.07) is 9.65. The lowest BCUT2D eigenvalue weighted by atomic mass is 10.1. The normalized spacial score (nSPS) is 10.2. The predicted octanol–water partition coefficient (Wildman–Crippen LogP) is 3.72. The summed E-state index contributed by atoms with van der Waals surface area (Å²) < 4.78 is 0.998. The van der Waals surface area contributed by atoms with E-state index in [9.17, 15) is 4.79 Å². The Morgan fingerprint density at radius 3 is 2.89 bits per heavy atom. The van der Waals surface area contributed by atoms with E-state index in [2.05, 4.69) is 26.2 Å². The third-order valence-corrected chi connectivity index (χ3v) is 3.67. The Hall–Kier alpha value is -1.68. The van der Waals surface area contributed by atoms with Crippen LogP contribution in [0.15, 0.2) is 47.2 Å². The van der Waals surface area contributed by atoms with Gasteiger partial charge >= 0.3 is 0 Å². The summed E-state index contributed by atoms with van der Waals surface area (Å²) in [5, 5.41) is 2.89. The van der Waals surface area contributed by atoms with Gasteiger partial charge in [0, 0.05) is 29.0 Å². The number of nitrogens with one attached hydrogen (secondary N) is 1. The second-order valence-corrected chi connectivity index (χ2v) is 5.23. The molecule has 0 aliphatic carbocycles. The summed E-state index contributed by atoms with van der Waals surface area (Å²) in [5.41, 5.74) is 3.03. The van der Waals surface area contributed by atoms with Crippen LogP contribution in [-0.4, -0.2) is 10.9 Å². The molecule has 2 aromatic rings. The Morgan fingerprint density at radius 1 is 1.37 bits per heavy atom. The number of aryl methyl sites for hydroxylation is 2. The van der Waals surface area contributed by atoms with Crippen LogP contribution in [0.2, 0.25) is 0 Å². The van der Waals surface area contributed by atoms with Crippen LogP contribution >= 0.6 is 15.9 Å². The quantitative estimate of drug-likeness (QED) is 0.933. The zero-order valence-electron chi connectivity index (χ0n) is 10.7. The Morgan fingerprint density at radius 2 is 2.21 bits per heavy atom. The molecule has 0 bridgehead atoms. The van der Waals surface area contributed by atoms with Crippen LogP contribution in [0.5, 0.6) is 0 Å². The van der Waals surface area contributed by atoms with Crippen LogP contribution in [0, 0.1) is 6.92 Å². The lowest BCUT2D eigenvalue weighted by Crippen LogP contribution is -2.12. The molecule has 1 aromatic heterocycles. The molecule has 0 spiro atoms. The maximum absolute atomic E-state index is 11.8. The van der Waals surface area contributed by atoms with Gasteiger partial charge in [-0.05, 0) is 42.7 Å². The SMILES string of the molecule is Cc1ccc(NC(=O)CCc2cccnc2)cc1Br. The van der Waals surface area contributed by atoms with E-state index in [-0.39, 0.29) is 5.91 Å². The molecule has 1 heterocycles. The summed E-state index contributed by atoms with van der Waals surface area (Å²) in [5.74, 6) is 0.0135. The van der Waals surface area contributed by atoms with Crippen molar-refractivity contribution >= 4 is 27.5 Å². The molecule has 0 saturated heterocycles. The number of hydrogen-bond acceptors (Lipinski definition) is 2. The number of pyridine rings is 1. The lowest BCUT2D eigenvalue weighted by molar-refractivity contribution is -0.116. The zero-order valence-corrected chi connectivity index (χ0v) is 12.3. The largest absolute Gasteiger partial charge is 0.326 e. The van der Waals surface area contributed by atoms with Crippen LogP contribution in [-0.2, 0) is 11.2 Å². The van der Waals surface area contributed by atoms with Crippen molar-refractivity contribution in [2.45, 2.75) is 19.8 Å². The number of anilines is 1. The first kappa shape index (κ1) is 13.7. The number of carbonyl (C=O) groups excluding carboxylic acids is 1. The smallest absolute Gasteiger partial charge is 0.224 e. The van der Waals surface area contributed by atoms with Gasteiger partial charge in [0.05, 0.1) is 0 Å². The lowest BCUT2D eigenvalue weighted by Gasteiger charge is -2.07. The Kier molecular flexibility index (Phi) is 4.68. The average molecular weight is 319 g/mol. The third-order valence-electron chi connectivity index (χ3n) is 2.82. The maximum Gasteiger partial charge on any atom is 0.224 e. The van der Waals surface area contributed by atoms with Gasteiger partial charge in [0.2, 0.25) is 5.91 Å². The third kappa shape index (κ3) is 4.17. The van der Waals surface area contributed by atoms with Crippen molar-refractivity contribution in [3.05, 3.63) is 58.3 Å². The van der Waals surface area contributed by atoms with E-state index in [1.165, 1.54) is 0 Å². The molecule has 0 atom stereocenters. The Balaban J connectivity index is 1.89. The molecule has 2 rings (SSSR count). The van der Waals surface area contributed by atoms with Gasteiger partial charge in [-0.1, -0.05) is 28.1 Å². The average Bonchev–Trinajstić information content (AvgIpc) is 2.42. The number of aromatic nitrogens is 1. The van der Waals surface area contributed by atoms with Gasteiger partial charge in [-0.25, -0.2) is 0 Å². The molecule has 0 fully saturated rings. The van der Waals surface area contributed by atoms with Gasteiger partial charge in [-0.15, -0.1) is 0 Å². The Bertz CT molecular complexity index is 570. The van der Waals surface area contributed by atoms with Crippen LogP contribution in [0.4, 0.5) is 5.69 Å². The first-order valence-corrected chi connectivity index (χ1v) is 6.89. The van der Waals surface area contributed by atoms with Crippen molar-refractivity contribution in [2.75, 3.05) is 5.32 Å². The molecule has 1 amide bonds. The number of benzene rings is 1. The maximum atomic E-state index is 11.8. The van der Waals surface area contributed by atoms with Crippen molar-refractivity contribution < 1.29 is 4.79 Å². The van der Waals surface area contributed by atoms with E-state index >= 15 is 0 Å². The van der Waals surface area contributed by atoms with Crippen LogP contribution in [0.3, 0.4) is 0 Å². The fourth-order valence-corrected chi connectivity index (χ4v) is 2.08. The van der Waals surface area contributed by atoms with Crippen LogP contribution in [0.1, 0.15) is 17.5 Å². The zero-order chi connectivity index (χ0) is 13.7. The van der Waals surface area contributed by atoms with E-state index in [4.69, 9.17) is 0 Å². The van der Waals surface area contributed by atoms with Crippen LogP contribution in [0.25, 0.3) is 0 Å². The summed E-state index contributed by atoms with van der Waals surface area (Å²) in [7, 11) is 0. The fraction of sp³-hybridized carbons (Fsp3) is 0.200. The summed E-state index contributed by atoms with van der Waals surface area (Å²) in [6.07, 6.45) is 4.67. The van der Waals surface area contributed by atoms with Gasteiger partial charge in [0.1, 0.15) is 0 Å². The Labute approximate surface area is 121 Å². The first-order valence-electron chi connectivity index (χ1n) is 6.10. The fourth-order valence-electron chi connectivity index (χ4n) is 1.70. The van der Waals surface area contributed by atoms with Crippen LogP contribution < -0.4 is 5.32 Å². The molecule has 1 N–H and O–H groups in total. The summed E-state index contributed by atoms with van der Waals surface area (Å²) in [6.45, 7) is 2.01. The van der Waals surface area contributed by atoms with Crippen molar-refractivity contribution in [1.29, 1.82) is 0 Å². The molecule has 0 unspecified atom stereocenters. The van der Waals surface area contributed by atoms with E-state index in [1.54, 1.807) is 12.4 Å². The van der Waals surface area contributed by atoms with Crippen molar-refractivity contribution in [3.8, 4) is 0 Å². The molecule has 1 aromatic carbocycles. The molecule has 4 heteroatoms. The van der Waals surface area contributed by atoms with Crippen molar-refractivity contribution in [3.63, 3.8) is 0 Å².